The number of carbonyl (C=O) groups is 1. The number of pyridine rings is 1. The molecule has 0 saturated heterocycles. The minimum atomic E-state index is -4.44. The van der Waals surface area contributed by atoms with E-state index < -0.39 is 11.7 Å². The molecule has 0 aliphatic rings. The van der Waals surface area contributed by atoms with Crippen LogP contribution in [0.4, 0.5) is 29.1 Å². The molecule has 0 saturated carbocycles. The van der Waals surface area contributed by atoms with Gasteiger partial charge in [-0.25, -0.2) is 9.37 Å². The summed E-state index contributed by atoms with van der Waals surface area (Å²) >= 11 is 0. The van der Waals surface area contributed by atoms with E-state index in [9.17, 15) is 22.4 Å². The van der Waals surface area contributed by atoms with Gasteiger partial charge in [0.25, 0.3) is 5.91 Å². The number of carbonyl (C=O) groups excluding carboxylic acids is 1. The summed E-state index contributed by atoms with van der Waals surface area (Å²) in [7, 11) is 0. The second-order valence-electron chi connectivity index (χ2n) is 7.48. The van der Waals surface area contributed by atoms with Crippen LogP contribution in [0, 0.1) is 5.82 Å². The molecule has 1 unspecified atom stereocenters. The molecule has 8 heteroatoms. The Bertz CT molecular complexity index is 1080. The summed E-state index contributed by atoms with van der Waals surface area (Å²) in [6.45, 7) is 4.16. The van der Waals surface area contributed by atoms with Gasteiger partial charge in [-0.3, -0.25) is 4.79 Å². The Labute approximate surface area is 183 Å². The van der Waals surface area contributed by atoms with Crippen LogP contribution in [0.5, 0.6) is 0 Å². The van der Waals surface area contributed by atoms with Gasteiger partial charge < -0.3 is 10.6 Å². The lowest BCUT2D eigenvalue weighted by molar-refractivity contribution is -0.137. The van der Waals surface area contributed by atoms with Gasteiger partial charge in [-0.1, -0.05) is 32.0 Å². The molecule has 1 atom stereocenters. The van der Waals surface area contributed by atoms with Gasteiger partial charge in [0.05, 0.1) is 11.1 Å². The van der Waals surface area contributed by atoms with Gasteiger partial charge in [0.2, 0.25) is 0 Å². The van der Waals surface area contributed by atoms with Gasteiger partial charge in [-0.15, -0.1) is 0 Å². The van der Waals surface area contributed by atoms with Crippen molar-refractivity contribution in [3.63, 3.8) is 0 Å². The third kappa shape index (κ3) is 5.84. The first-order valence-electron chi connectivity index (χ1n) is 10.1. The Hall–Kier alpha value is -3.42. The minimum absolute atomic E-state index is 0.0200. The number of nitrogens with zero attached hydrogens (tertiary/aromatic N) is 1. The monoisotopic (exact) mass is 445 g/mol. The van der Waals surface area contributed by atoms with Crippen molar-refractivity contribution >= 4 is 17.4 Å². The molecule has 1 amide bonds. The lowest BCUT2D eigenvalue weighted by Gasteiger charge is -2.17. The van der Waals surface area contributed by atoms with E-state index in [0.29, 0.717) is 11.4 Å². The summed E-state index contributed by atoms with van der Waals surface area (Å²) in [6, 6.07) is 12.3. The van der Waals surface area contributed by atoms with Crippen molar-refractivity contribution in [3.05, 3.63) is 88.9 Å². The summed E-state index contributed by atoms with van der Waals surface area (Å²) in [6.07, 6.45) is -2.28. The van der Waals surface area contributed by atoms with E-state index in [1.165, 1.54) is 30.5 Å². The number of aromatic nitrogens is 1. The van der Waals surface area contributed by atoms with E-state index in [1.54, 1.807) is 18.2 Å². The largest absolute Gasteiger partial charge is 0.416 e. The van der Waals surface area contributed by atoms with Crippen molar-refractivity contribution in [3.8, 4) is 0 Å². The second-order valence-corrected chi connectivity index (χ2v) is 7.48. The van der Waals surface area contributed by atoms with Gasteiger partial charge in [-0.2, -0.15) is 13.2 Å². The zero-order valence-corrected chi connectivity index (χ0v) is 17.6. The van der Waals surface area contributed by atoms with E-state index in [2.05, 4.69) is 15.6 Å². The van der Waals surface area contributed by atoms with Crippen LogP contribution in [0.1, 0.15) is 53.2 Å². The molecule has 0 bridgehead atoms. The highest BCUT2D eigenvalue weighted by molar-refractivity contribution is 5.95. The third-order valence-electron chi connectivity index (χ3n) is 5.15. The minimum Gasteiger partial charge on any atom is -0.348 e. The fraction of sp³-hybridized carbons (Fsp3) is 0.250. The molecule has 3 rings (SSSR count). The molecular formula is C24H23F4N3O. The number of rotatable bonds is 7. The van der Waals surface area contributed by atoms with E-state index >= 15 is 0 Å². The van der Waals surface area contributed by atoms with Crippen LogP contribution in [0.25, 0.3) is 0 Å². The topological polar surface area (TPSA) is 54.0 Å². The average Bonchev–Trinajstić information content (AvgIpc) is 2.77. The number of nitrogens with one attached hydrogen (secondary N) is 2. The smallest absolute Gasteiger partial charge is 0.348 e. The standard InChI is InChI=1S/C24H23F4N3O/c1-3-15(2)20-12-22(31-19-6-4-5-17(11-19)24(26,27)28)29-14-21(20)23(32)30-13-16-7-9-18(25)10-8-16/h4-12,14-15H,3,13H2,1-2H3,(H,29,31)(H,30,32). The van der Waals surface area contributed by atoms with Crippen LogP contribution in [0.3, 0.4) is 0 Å². The van der Waals surface area contributed by atoms with Crippen LogP contribution >= 0.6 is 0 Å². The zero-order valence-electron chi connectivity index (χ0n) is 17.6. The van der Waals surface area contributed by atoms with Gasteiger partial charge in [-0.05, 0) is 59.9 Å². The zero-order chi connectivity index (χ0) is 23.3. The molecule has 0 aliphatic heterocycles. The van der Waals surface area contributed by atoms with Crippen LogP contribution in [0.2, 0.25) is 0 Å². The SMILES string of the molecule is CCC(C)c1cc(Nc2cccc(C(F)(F)F)c2)ncc1C(=O)NCc1ccc(F)cc1. The van der Waals surface area contributed by atoms with Crippen molar-refractivity contribution < 1.29 is 22.4 Å². The highest BCUT2D eigenvalue weighted by Gasteiger charge is 2.30. The molecule has 32 heavy (non-hydrogen) atoms. The third-order valence-corrected chi connectivity index (χ3v) is 5.15. The number of hydrogen-bond acceptors (Lipinski definition) is 3. The molecule has 0 spiro atoms. The molecule has 1 heterocycles. The number of benzene rings is 2. The van der Waals surface area contributed by atoms with Gasteiger partial charge in [0.15, 0.2) is 0 Å². The molecule has 2 N–H and O–H groups in total. The predicted molar refractivity (Wildman–Crippen MR) is 115 cm³/mol. The van der Waals surface area contributed by atoms with Crippen molar-refractivity contribution in [1.29, 1.82) is 0 Å². The van der Waals surface area contributed by atoms with Crippen molar-refractivity contribution in [2.75, 3.05) is 5.32 Å². The first-order chi connectivity index (χ1) is 15.2. The van der Waals surface area contributed by atoms with Crippen LogP contribution < -0.4 is 10.6 Å². The Morgan fingerprint density at radius 1 is 1.09 bits per heavy atom. The highest BCUT2D eigenvalue weighted by atomic mass is 19.4. The molecule has 3 aromatic rings. The Balaban J connectivity index is 1.81. The van der Waals surface area contributed by atoms with E-state index in [4.69, 9.17) is 0 Å². The lowest BCUT2D eigenvalue weighted by Crippen LogP contribution is -2.24. The van der Waals surface area contributed by atoms with Crippen LogP contribution in [-0.4, -0.2) is 10.9 Å². The number of alkyl halides is 3. The fourth-order valence-corrected chi connectivity index (χ4v) is 3.16. The van der Waals surface area contributed by atoms with Crippen LogP contribution in [-0.2, 0) is 12.7 Å². The van der Waals surface area contributed by atoms with E-state index in [1.807, 2.05) is 13.8 Å². The second kappa shape index (κ2) is 9.80. The van der Waals surface area contributed by atoms with Crippen molar-refractivity contribution in [1.82, 2.24) is 10.3 Å². The Morgan fingerprint density at radius 3 is 2.47 bits per heavy atom. The molecule has 0 radical (unpaired) electrons. The maximum Gasteiger partial charge on any atom is 0.416 e. The molecule has 0 fully saturated rings. The predicted octanol–water partition coefficient (Wildman–Crippen LogP) is 6.43. The molecular weight excluding hydrogens is 422 g/mol. The lowest BCUT2D eigenvalue weighted by atomic mass is 9.94. The number of amides is 1. The van der Waals surface area contributed by atoms with E-state index in [-0.39, 0.29) is 29.9 Å². The highest BCUT2D eigenvalue weighted by Crippen LogP contribution is 2.32. The fourth-order valence-electron chi connectivity index (χ4n) is 3.16. The first-order valence-corrected chi connectivity index (χ1v) is 10.1. The van der Waals surface area contributed by atoms with Crippen LogP contribution in [0.15, 0.2) is 60.8 Å². The van der Waals surface area contributed by atoms with Gasteiger partial charge in [0.1, 0.15) is 11.6 Å². The summed E-state index contributed by atoms with van der Waals surface area (Å²) in [5.41, 5.74) is 1.35. The number of hydrogen-bond donors (Lipinski definition) is 2. The van der Waals surface area contributed by atoms with Crippen molar-refractivity contribution in [2.45, 2.75) is 38.9 Å². The molecule has 1 aromatic heterocycles. The quantitative estimate of drug-likeness (QED) is 0.412. The molecule has 2 aromatic carbocycles. The summed E-state index contributed by atoms with van der Waals surface area (Å²) < 4.78 is 52.0. The number of anilines is 2. The summed E-state index contributed by atoms with van der Waals surface area (Å²) in [5, 5.41) is 5.69. The first kappa shape index (κ1) is 23.2. The molecule has 4 nitrogen and oxygen atoms in total. The number of halogens is 4. The molecule has 0 aliphatic carbocycles. The van der Waals surface area contributed by atoms with Gasteiger partial charge >= 0.3 is 6.18 Å². The summed E-state index contributed by atoms with van der Waals surface area (Å²) in [5.74, 6) is -0.323. The Kier molecular flexibility index (Phi) is 7.12. The Morgan fingerprint density at radius 2 is 1.81 bits per heavy atom. The average molecular weight is 445 g/mol. The normalized spacial score (nSPS) is 12.3. The van der Waals surface area contributed by atoms with E-state index in [0.717, 1.165) is 29.7 Å². The van der Waals surface area contributed by atoms with Gasteiger partial charge in [0, 0.05) is 18.4 Å². The van der Waals surface area contributed by atoms with Crippen molar-refractivity contribution in [2.24, 2.45) is 0 Å². The maximum atomic E-state index is 13.0. The maximum absolute atomic E-state index is 13.0. The summed E-state index contributed by atoms with van der Waals surface area (Å²) in [4.78, 5) is 17.0. The molecule has 168 valence electrons.